The summed E-state index contributed by atoms with van der Waals surface area (Å²) in [6.45, 7) is 1.81. The number of fused-ring (bicyclic) bond motifs is 3. The third kappa shape index (κ3) is 3.39. The van der Waals surface area contributed by atoms with Crippen molar-refractivity contribution in [3.8, 4) is 5.75 Å². The van der Waals surface area contributed by atoms with E-state index in [1.54, 1.807) is 29.5 Å². The molecule has 1 aliphatic rings. The first-order chi connectivity index (χ1) is 12.6. The van der Waals surface area contributed by atoms with Gasteiger partial charge in [-0.25, -0.2) is 9.97 Å². The molecule has 7 heteroatoms. The Morgan fingerprint density at radius 1 is 1.31 bits per heavy atom. The molecule has 3 aromatic rings. The van der Waals surface area contributed by atoms with Gasteiger partial charge in [0.2, 0.25) is 0 Å². The third-order valence-electron chi connectivity index (χ3n) is 4.50. The van der Waals surface area contributed by atoms with Crippen LogP contribution in [-0.2, 0) is 17.6 Å². The Labute approximate surface area is 160 Å². The molecule has 1 N–H and O–H groups in total. The van der Waals surface area contributed by atoms with Gasteiger partial charge in [-0.15, -0.1) is 11.3 Å². The second-order valence-corrected chi connectivity index (χ2v) is 7.88. The van der Waals surface area contributed by atoms with Crippen molar-refractivity contribution in [1.82, 2.24) is 9.97 Å². The molecular weight excluding hydrogens is 370 g/mol. The molecule has 1 amide bonds. The first kappa shape index (κ1) is 17.2. The Morgan fingerprint density at radius 2 is 2.15 bits per heavy atom. The van der Waals surface area contributed by atoms with Gasteiger partial charge in [-0.3, -0.25) is 4.79 Å². The first-order valence-electron chi connectivity index (χ1n) is 8.56. The summed E-state index contributed by atoms with van der Waals surface area (Å²) in [4.78, 5) is 23.4. The summed E-state index contributed by atoms with van der Waals surface area (Å²) in [5, 5.41) is 4.52. The number of aryl methyl sites for hydroxylation is 3. The summed E-state index contributed by atoms with van der Waals surface area (Å²) in [5.41, 5.74) is 2.18. The van der Waals surface area contributed by atoms with E-state index in [4.69, 9.17) is 16.3 Å². The molecule has 134 valence electrons. The minimum atomic E-state index is -0.241. The number of nitrogens with one attached hydrogen (secondary N) is 1. The first-order valence-corrected chi connectivity index (χ1v) is 9.75. The number of hydrogen-bond donors (Lipinski definition) is 1. The number of ether oxygens (including phenoxy) is 1. The monoisotopic (exact) mass is 387 g/mol. The van der Waals surface area contributed by atoms with Crippen LogP contribution in [0.15, 0.2) is 24.5 Å². The van der Waals surface area contributed by atoms with Crippen LogP contribution in [0.1, 0.15) is 28.8 Å². The van der Waals surface area contributed by atoms with Crippen molar-refractivity contribution in [1.29, 1.82) is 0 Å². The molecule has 0 atom stereocenters. The zero-order chi connectivity index (χ0) is 18.1. The molecular formula is C19H18ClN3O2S. The lowest BCUT2D eigenvalue weighted by molar-refractivity contribution is -0.118. The van der Waals surface area contributed by atoms with Gasteiger partial charge in [0.1, 0.15) is 22.7 Å². The second kappa shape index (κ2) is 7.21. The number of anilines is 1. The molecule has 0 spiro atoms. The molecule has 26 heavy (non-hydrogen) atoms. The van der Waals surface area contributed by atoms with Gasteiger partial charge in [0.25, 0.3) is 5.91 Å². The van der Waals surface area contributed by atoms with Crippen LogP contribution in [0.25, 0.3) is 10.2 Å². The van der Waals surface area contributed by atoms with Gasteiger partial charge in [-0.05, 0) is 61.9 Å². The molecule has 4 rings (SSSR count). The number of amides is 1. The van der Waals surface area contributed by atoms with E-state index in [2.05, 4.69) is 15.3 Å². The van der Waals surface area contributed by atoms with E-state index in [9.17, 15) is 4.79 Å². The summed E-state index contributed by atoms with van der Waals surface area (Å²) in [5.74, 6) is 0.983. The average Bonchev–Trinajstić information content (AvgIpc) is 3.00. The van der Waals surface area contributed by atoms with Gasteiger partial charge in [-0.2, -0.15) is 0 Å². The number of carbonyl (C=O) groups excluding carboxylic acids is 1. The molecule has 0 saturated carbocycles. The highest BCUT2D eigenvalue weighted by molar-refractivity contribution is 7.19. The number of carbonyl (C=O) groups is 1. The molecule has 0 aliphatic heterocycles. The molecule has 0 radical (unpaired) electrons. The van der Waals surface area contributed by atoms with Crippen molar-refractivity contribution in [2.24, 2.45) is 0 Å². The van der Waals surface area contributed by atoms with E-state index in [0.29, 0.717) is 16.6 Å². The number of thiophene rings is 1. The number of halogens is 1. The van der Waals surface area contributed by atoms with Crippen molar-refractivity contribution in [3.05, 3.63) is 45.6 Å². The van der Waals surface area contributed by atoms with E-state index in [1.807, 2.05) is 6.92 Å². The normalized spacial score (nSPS) is 13.5. The maximum absolute atomic E-state index is 12.4. The van der Waals surface area contributed by atoms with E-state index >= 15 is 0 Å². The van der Waals surface area contributed by atoms with Gasteiger partial charge in [0.05, 0.1) is 5.39 Å². The van der Waals surface area contributed by atoms with Crippen molar-refractivity contribution < 1.29 is 9.53 Å². The maximum atomic E-state index is 12.4. The maximum Gasteiger partial charge on any atom is 0.263 e. The summed E-state index contributed by atoms with van der Waals surface area (Å²) in [6, 6.07) is 5.32. The molecule has 0 fully saturated rings. The lowest BCUT2D eigenvalue weighted by atomic mass is 9.97. The van der Waals surface area contributed by atoms with Crippen molar-refractivity contribution >= 4 is 44.9 Å². The van der Waals surface area contributed by atoms with Gasteiger partial charge in [0.15, 0.2) is 6.61 Å². The second-order valence-electron chi connectivity index (χ2n) is 6.36. The largest absolute Gasteiger partial charge is 0.483 e. The Morgan fingerprint density at radius 3 is 3.00 bits per heavy atom. The van der Waals surface area contributed by atoms with E-state index in [1.165, 1.54) is 29.6 Å². The highest BCUT2D eigenvalue weighted by Crippen LogP contribution is 2.38. The Kier molecular flexibility index (Phi) is 4.78. The van der Waals surface area contributed by atoms with Gasteiger partial charge in [-0.1, -0.05) is 11.6 Å². The standard InChI is InChI=1S/C19H18ClN3O2S/c1-11-8-12(20)6-7-14(11)25-9-16(24)23-18-17-13-4-2-3-5-15(13)26-19(17)22-10-21-18/h6-8,10H,2-5,9H2,1H3,(H,21,22,23,24). The molecule has 0 bridgehead atoms. The van der Waals surface area contributed by atoms with E-state index < -0.39 is 0 Å². The van der Waals surface area contributed by atoms with Crippen LogP contribution in [0.4, 0.5) is 5.82 Å². The SMILES string of the molecule is Cc1cc(Cl)ccc1OCC(=O)Nc1ncnc2sc3c(c12)CCCC3. The molecule has 1 aliphatic carbocycles. The van der Waals surface area contributed by atoms with Crippen LogP contribution in [-0.4, -0.2) is 22.5 Å². The van der Waals surface area contributed by atoms with E-state index in [0.717, 1.165) is 28.6 Å². The smallest absolute Gasteiger partial charge is 0.263 e. The molecule has 5 nitrogen and oxygen atoms in total. The highest BCUT2D eigenvalue weighted by atomic mass is 35.5. The average molecular weight is 388 g/mol. The van der Waals surface area contributed by atoms with Crippen LogP contribution in [0.3, 0.4) is 0 Å². The fourth-order valence-electron chi connectivity index (χ4n) is 3.27. The summed E-state index contributed by atoms with van der Waals surface area (Å²) >= 11 is 7.65. The fourth-order valence-corrected chi connectivity index (χ4v) is 4.73. The third-order valence-corrected chi connectivity index (χ3v) is 5.94. The van der Waals surface area contributed by atoms with Crippen LogP contribution < -0.4 is 10.1 Å². The minimum Gasteiger partial charge on any atom is -0.483 e. The van der Waals surface area contributed by atoms with Crippen LogP contribution in [0.2, 0.25) is 5.02 Å². The zero-order valence-corrected chi connectivity index (χ0v) is 15.9. The number of nitrogens with zero attached hydrogens (tertiary/aromatic N) is 2. The number of benzene rings is 1. The Balaban J connectivity index is 1.51. The lowest BCUT2D eigenvalue weighted by Crippen LogP contribution is -2.21. The van der Waals surface area contributed by atoms with Gasteiger partial charge < -0.3 is 10.1 Å². The van der Waals surface area contributed by atoms with Gasteiger partial charge >= 0.3 is 0 Å². The zero-order valence-electron chi connectivity index (χ0n) is 14.3. The predicted octanol–water partition coefficient (Wildman–Crippen LogP) is 4.55. The number of aromatic nitrogens is 2. The van der Waals surface area contributed by atoms with Crippen molar-refractivity contribution in [3.63, 3.8) is 0 Å². The Bertz CT molecular complexity index is 986. The highest BCUT2D eigenvalue weighted by Gasteiger charge is 2.20. The molecule has 1 aromatic carbocycles. The van der Waals surface area contributed by atoms with Crippen LogP contribution in [0.5, 0.6) is 5.75 Å². The number of rotatable bonds is 4. The molecule has 2 aromatic heterocycles. The van der Waals surface area contributed by atoms with Crippen LogP contribution in [0, 0.1) is 6.92 Å². The van der Waals surface area contributed by atoms with E-state index in [-0.39, 0.29) is 12.5 Å². The quantitative estimate of drug-likeness (QED) is 0.713. The fraction of sp³-hybridized carbons (Fsp3) is 0.316. The lowest BCUT2D eigenvalue weighted by Gasteiger charge is -2.12. The van der Waals surface area contributed by atoms with Gasteiger partial charge in [0, 0.05) is 9.90 Å². The summed E-state index contributed by atoms with van der Waals surface area (Å²) < 4.78 is 5.62. The predicted molar refractivity (Wildman–Crippen MR) is 104 cm³/mol. The summed E-state index contributed by atoms with van der Waals surface area (Å²) in [7, 11) is 0. The minimum absolute atomic E-state index is 0.0830. The topological polar surface area (TPSA) is 64.1 Å². The molecule has 0 unspecified atom stereocenters. The molecule has 0 saturated heterocycles. The Hall–Kier alpha value is -2.18. The van der Waals surface area contributed by atoms with Crippen molar-refractivity contribution in [2.45, 2.75) is 32.6 Å². The van der Waals surface area contributed by atoms with Crippen LogP contribution >= 0.6 is 22.9 Å². The summed E-state index contributed by atoms with van der Waals surface area (Å²) in [6.07, 6.45) is 5.99. The number of hydrogen-bond acceptors (Lipinski definition) is 5. The molecule has 2 heterocycles. The van der Waals surface area contributed by atoms with Crippen molar-refractivity contribution in [2.75, 3.05) is 11.9 Å².